The molecule has 41 heavy (non-hydrogen) atoms. The van der Waals surface area contributed by atoms with E-state index >= 15 is 0 Å². The lowest BCUT2D eigenvalue weighted by molar-refractivity contribution is 1.45. The Morgan fingerprint density at radius 2 is 0.854 bits per heavy atom. The number of rotatable bonds is 2. The van der Waals surface area contributed by atoms with E-state index in [0.29, 0.717) is 0 Å². The van der Waals surface area contributed by atoms with Gasteiger partial charge in [0.1, 0.15) is 4.83 Å². The van der Waals surface area contributed by atoms with Gasteiger partial charge in [0.05, 0.1) is 5.69 Å². The van der Waals surface area contributed by atoms with E-state index in [2.05, 4.69) is 140 Å². The molecule has 9 rings (SSSR count). The lowest BCUT2D eigenvalue weighted by Crippen LogP contribution is -1.88. The van der Waals surface area contributed by atoms with Gasteiger partial charge in [-0.1, -0.05) is 127 Å². The molecule has 2 heteroatoms. The van der Waals surface area contributed by atoms with E-state index in [1.165, 1.54) is 69.7 Å². The van der Waals surface area contributed by atoms with Crippen molar-refractivity contribution in [3.05, 3.63) is 140 Å². The molecule has 7 aromatic carbocycles. The number of thiophene rings is 1. The van der Waals surface area contributed by atoms with Crippen molar-refractivity contribution in [3.8, 4) is 22.4 Å². The highest BCUT2D eigenvalue weighted by molar-refractivity contribution is 7.25. The molecule has 2 aromatic heterocycles. The molecule has 190 valence electrons. The molecule has 0 spiro atoms. The van der Waals surface area contributed by atoms with Crippen molar-refractivity contribution < 1.29 is 0 Å². The zero-order valence-electron chi connectivity index (χ0n) is 22.1. The molecular weight excluding hydrogens is 515 g/mol. The molecule has 0 saturated heterocycles. The van der Waals surface area contributed by atoms with E-state index in [-0.39, 0.29) is 0 Å². The molecule has 0 aliphatic rings. The van der Waals surface area contributed by atoms with Crippen molar-refractivity contribution in [3.63, 3.8) is 0 Å². The first kappa shape index (κ1) is 22.7. The Hall–Kier alpha value is -5.05. The zero-order chi connectivity index (χ0) is 26.9. The minimum atomic E-state index is 1.04. The Balaban J connectivity index is 1.21. The van der Waals surface area contributed by atoms with Gasteiger partial charge in [0.25, 0.3) is 0 Å². The molecule has 0 atom stereocenters. The van der Waals surface area contributed by atoms with Crippen LogP contribution in [0.5, 0.6) is 0 Å². The van der Waals surface area contributed by atoms with Crippen LogP contribution in [-0.4, -0.2) is 4.98 Å². The minimum Gasteiger partial charge on any atom is -0.236 e. The smallest absolute Gasteiger partial charge is 0.125 e. The van der Waals surface area contributed by atoms with Gasteiger partial charge < -0.3 is 0 Å². The predicted octanol–water partition coefficient (Wildman–Crippen LogP) is 11.4. The SMILES string of the molecule is c1ccc2c(c1)sc1nc(-c3ccc(-c4ccc5c6ccccc6c6ccccc6c5c4)cc3)c3ccccc3c12. The van der Waals surface area contributed by atoms with E-state index in [0.717, 1.165) is 16.1 Å². The number of fused-ring (bicyclic) bond motifs is 11. The fraction of sp³-hybridized carbons (Fsp3) is 0. The molecular formula is C39H23NS. The summed E-state index contributed by atoms with van der Waals surface area (Å²) >= 11 is 1.78. The quantitative estimate of drug-likeness (QED) is 0.200. The third-order valence-corrected chi connectivity index (χ3v) is 9.54. The van der Waals surface area contributed by atoms with Gasteiger partial charge in [-0.2, -0.15) is 0 Å². The number of nitrogens with zero attached hydrogens (tertiary/aromatic N) is 1. The van der Waals surface area contributed by atoms with Crippen molar-refractivity contribution in [2.45, 2.75) is 0 Å². The lowest BCUT2D eigenvalue weighted by Gasteiger charge is -2.12. The van der Waals surface area contributed by atoms with E-state index in [9.17, 15) is 0 Å². The van der Waals surface area contributed by atoms with Gasteiger partial charge in [0, 0.05) is 26.4 Å². The summed E-state index contributed by atoms with van der Waals surface area (Å²) < 4.78 is 1.28. The summed E-state index contributed by atoms with van der Waals surface area (Å²) in [6.07, 6.45) is 0. The molecule has 2 heterocycles. The largest absolute Gasteiger partial charge is 0.236 e. The standard InChI is InChI=1S/C39H23NS/c1-2-11-29-27(9-1)28-10-3-4-12-30(28)35-23-26(21-22-31(29)35)24-17-19-25(20-18-24)38-33-14-6-5-13-32(33)37-34-15-7-8-16-36(34)41-39(37)40-38/h1-23H. The number of hydrogen-bond donors (Lipinski definition) is 0. The Labute approximate surface area is 240 Å². The normalized spacial score (nSPS) is 11.9. The Morgan fingerprint density at radius 3 is 1.54 bits per heavy atom. The fourth-order valence-corrected chi connectivity index (χ4v) is 7.66. The van der Waals surface area contributed by atoms with E-state index in [4.69, 9.17) is 4.98 Å². The monoisotopic (exact) mass is 537 g/mol. The van der Waals surface area contributed by atoms with Crippen LogP contribution in [-0.2, 0) is 0 Å². The molecule has 0 radical (unpaired) electrons. The summed E-state index contributed by atoms with van der Waals surface area (Å²) in [4.78, 5) is 6.33. The first-order valence-corrected chi connectivity index (χ1v) is 14.8. The van der Waals surface area contributed by atoms with Gasteiger partial charge in [0.2, 0.25) is 0 Å². The Morgan fingerprint density at radius 1 is 0.366 bits per heavy atom. The van der Waals surface area contributed by atoms with Crippen molar-refractivity contribution in [1.82, 2.24) is 4.98 Å². The first-order chi connectivity index (χ1) is 20.3. The van der Waals surface area contributed by atoms with Gasteiger partial charge in [-0.15, -0.1) is 11.3 Å². The van der Waals surface area contributed by atoms with Gasteiger partial charge in [-0.3, -0.25) is 0 Å². The van der Waals surface area contributed by atoms with Crippen LogP contribution in [0.3, 0.4) is 0 Å². The molecule has 0 aliphatic carbocycles. The highest BCUT2D eigenvalue weighted by Crippen LogP contribution is 2.41. The van der Waals surface area contributed by atoms with E-state index in [1.54, 1.807) is 11.3 Å². The van der Waals surface area contributed by atoms with Crippen LogP contribution in [0.2, 0.25) is 0 Å². The Kier molecular flexibility index (Phi) is 4.84. The summed E-state index contributed by atoms with van der Waals surface area (Å²) in [5, 5.41) is 12.8. The number of pyridine rings is 1. The second-order valence-electron chi connectivity index (χ2n) is 10.7. The average molecular weight is 538 g/mol. The fourth-order valence-electron chi connectivity index (χ4n) is 6.57. The first-order valence-electron chi connectivity index (χ1n) is 14.0. The van der Waals surface area contributed by atoms with Crippen molar-refractivity contribution in [2.24, 2.45) is 0 Å². The third-order valence-electron chi connectivity index (χ3n) is 8.48. The second kappa shape index (κ2) is 8.72. The summed E-state index contributed by atoms with van der Waals surface area (Å²) in [5.74, 6) is 0. The van der Waals surface area contributed by atoms with E-state index < -0.39 is 0 Å². The lowest BCUT2D eigenvalue weighted by atomic mass is 9.92. The molecule has 0 aliphatic heterocycles. The average Bonchev–Trinajstić information content (AvgIpc) is 3.43. The molecule has 0 unspecified atom stereocenters. The maximum atomic E-state index is 5.24. The van der Waals surface area contributed by atoms with Crippen LogP contribution in [0, 0.1) is 0 Å². The van der Waals surface area contributed by atoms with Crippen LogP contribution in [0.25, 0.3) is 85.8 Å². The highest BCUT2D eigenvalue weighted by Gasteiger charge is 2.15. The molecule has 0 saturated carbocycles. The minimum absolute atomic E-state index is 1.04. The predicted molar refractivity (Wildman–Crippen MR) is 178 cm³/mol. The molecule has 0 N–H and O–H groups in total. The van der Waals surface area contributed by atoms with Gasteiger partial charge >= 0.3 is 0 Å². The topological polar surface area (TPSA) is 12.9 Å². The van der Waals surface area contributed by atoms with Crippen molar-refractivity contribution in [1.29, 1.82) is 0 Å². The van der Waals surface area contributed by atoms with Crippen molar-refractivity contribution >= 4 is 74.7 Å². The molecule has 9 aromatic rings. The van der Waals surface area contributed by atoms with Crippen LogP contribution in [0.15, 0.2) is 140 Å². The van der Waals surface area contributed by atoms with E-state index in [1.807, 2.05) is 0 Å². The second-order valence-corrected chi connectivity index (χ2v) is 11.7. The molecule has 0 bridgehead atoms. The third kappa shape index (κ3) is 3.38. The van der Waals surface area contributed by atoms with Crippen LogP contribution in [0.1, 0.15) is 0 Å². The maximum absolute atomic E-state index is 5.24. The number of aromatic nitrogens is 1. The summed E-state index contributed by atoms with van der Waals surface area (Å²) in [6.45, 7) is 0. The molecule has 1 nitrogen and oxygen atoms in total. The molecule has 0 amide bonds. The summed E-state index contributed by atoms with van der Waals surface area (Å²) in [7, 11) is 0. The number of benzene rings is 7. The highest BCUT2D eigenvalue weighted by atomic mass is 32.1. The molecule has 0 fully saturated rings. The Bertz CT molecular complexity index is 2430. The summed E-state index contributed by atoms with van der Waals surface area (Å²) in [5.41, 5.74) is 4.62. The van der Waals surface area contributed by atoms with Crippen LogP contribution < -0.4 is 0 Å². The summed E-state index contributed by atoms with van der Waals surface area (Å²) in [6, 6.07) is 50.7. The maximum Gasteiger partial charge on any atom is 0.125 e. The van der Waals surface area contributed by atoms with Gasteiger partial charge in [0.15, 0.2) is 0 Å². The van der Waals surface area contributed by atoms with Crippen LogP contribution in [0.4, 0.5) is 0 Å². The van der Waals surface area contributed by atoms with Crippen molar-refractivity contribution in [2.75, 3.05) is 0 Å². The zero-order valence-corrected chi connectivity index (χ0v) is 23.0. The number of hydrogen-bond acceptors (Lipinski definition) is 2. The van der Waals surface area contributed by atoms with Gasteiger partial charge in [-0.25, -0.2) is 4.98 Å². The van der Waals surface area contributed by atoms with Crippen LogP contribution >= 0.6 is 11.3 Å². The van der Waals surface area contributed by atoms with Gasteiger partial charge in [-0.05, 0) is 61.0 Å².